The van der Waals surface area contributed by atoms with Crippen LogP contribution in [0.5, 0.6) is 5.75 Å². The highest BCUT2D eigenvalue weighted by atomic mass is 16.5. The van der Waals surface area contributed by atoms with Crippen molar-refractivity contribution in [2.75, 3.05) is 12.4 Å². The number of nitrogens with one attached hydrogen (secondary N) is 1. The molecule has 0 aliphatic carbocycles. The van der Waals surface area contributed by atoms with Crippen LogP contribution < -0.4 is 10.1 Å². The van der Waals surface area contributed by atoms with Crippen molar-refractivity contribution in [3.05, 3.63) is 84.1 Å². The number of carbonyl (C=O) groups is 1. The number of fused-ring (bicyclic) bond motifs is 1. The van der Waals surface area contributed by atoms with E-state index in [4.69, 9.17) is 9.72 Å². The van der Waals surface area contributed by atoms with Crippen LogP contribution in [-0.2, 0) is 0 Å². The fourth-order valence-electron chi connectivity index (χ4n) is 3.00. The molecule has 0 spiro atoms. The lowest BCUT2D eigenvalue weighted by Gasteiger charge is -2.11. The molecule has 4 rings (SSSR count). The number of anilines is 1. The highest BCUT2D eigenvalue weighted by Gasteiger charge is 2.14. The Morgan fingerprint density at radius 2 is 1.79 bits per heavy atom. The third-order valence-corrected chi connectivity index (χ3v) is 4.50. The predicted octanol–water partition coefficient (Wildman–Crippen LogP) is 4.87. The summed E-state index contributed by atoms with van der Waals surface area (Å²) in [5, 5.41) is 3.67. The Labute approximate surface area is 163 Å². The van der Waals surface area contributed by atoms with Gasteiger partial charge >= 0.3 is 0 Å². The van der Waals surface area contributed by atoms with Crippen molar-refractivity contribution in [2.45, 2.75) is 6.92 Å². The smallest absolute Gasteiger partial charge is 0.257 e. The first-order valence-electron chi connectivity index (χ1n) is 8.92. The van der Waals surface area contributed by atoms with Gasteiger partial charge in [0.15, 0.2) is 0 Å². The molecule has 0 radical (unpaired) electrons. The molecule has 4 aromatic rings. The number of hydrogen-bond donors (Lipinski definition) is 1. The number of para-hydroxylation sites is 1. The van der Waals surface area contributed by atoms with E-state index >= 15 is 0 Å². The average molecular weight is 369 g/mol. The summed E-state index contributed by atoms with van der Waals surface area (Å²) in [5.41, 5.74) is 3.99. The summed E-state index contributed by atoms with van der Waals surface area (Å²) in [6.45, 7) is 1.95. The number of aromatic nitrogens is 2. The van der Waals surface area contributed by atoms with Gasteiger partial charge < -0.3 is 10.1 Å². The number of ether oxygens (including phenoxy) is 1. The monoisotopic (exact) mass is 369 g/mol. The maximum absolute atomic E-state index is 13.0. The molecule has 0 bridgehead atoms. The minimum atomic E-state index is -0.218. The Hall–Kier alpha value is -3.73. The first kappa shape index (κ1) is 17.7. The van der Waals surface area contributed by atoms with Crippen molar-refractivity contribution < 1.29 is 9.53 Å². The van der Waals surface area contributed by atoms with Gasteiger partial charge in [-0.1, -0.05) is 24.3 Å². The van der Waals surface area contributed by atoms with E-state index < -0.39 is 0 Å². The van der Waals surface area contributed by atoms with Crippen molar-refractivity contribution in [2.24, 2.45) is 0 Å². The molecule has 0 atom stereocenters. The van der Waals surface area contributed by atoms with E-state index in [-0.39, 0.29) is 5.91 Å². The summed E-state index contributed by atoms with van der Waals surface area (Å²) in [4.78, 5) is 22.0. The van der Waals surface area contributed by atoms with E-state index in [1.165, 1.54) is 0 Å². The topological polar surface area (TPSA) is 64.1 Å². The molecule has 0 aliphatic heterocycles. The summed E-state index contributed by atoms with van der Waals surface area (Å²) in [6.07, 6.45) is 1.73. The number of benzene rings is 2. The fourth-order valence-corrected chi connectivity index (χ4v) is 3.00. The Balaban J connectivity index is 1.77. The zero-order valence-electron chi connectivity index (χ0n) is 15.6. The van der Waals surface area contributed by atoms with Crippen molar-refractivity contribution in [3.63, 3.8) is 0 Å². The Morgan fingerprint density at radius 3 is 2.50 bits per heavy atom. The number of nitrogens with zero attached hydrogens (tertiary/aromatic N) is 2. The highest BCUT2D eigenvalue weighted by molar-refractivity contribution is 6.12. The van der Waals surface area contributed by atoms with Gasteiger partial charge in [-0.05, 0) is 55.0 Å². The van der Waals surface area contributed by atoms with Crippen LogP contribution in [0.4, 0.5) is 5.82 Å². The Bertz CT molecular complexity index is 1140. The quantitative estimate of drug-likeness (QED) is 0.558. The van der Waals surface area contributed by atoms with E-state index in [0.29, 0.717) is 11.4 Å². The summed E-state index contributed by atoms with van der Waals surface area (Å²) in [7, 11) is 1.63. The number of aryl methyl sites for hydroxylation is 1. The normalized spacial score (nSPS) is 10.6. The second-order valence-corrected chi connectivity index (χ2v) is 6.48. The van der Waals surface area contributed by atoms with Crippen LogP contribution in [-0.4, -0.2) is 23.0 Å². The maximum atomic E-state index is 13.0. The lowest BCUT2D eigenvalue weighted by molar-refractivity contribution is 0.102. The standard InChI is InChI=1S/C23H19N3O2/c1-15-7-12-22(24-14-15)26-23(27)19-13-21(16-8-10-17(28-2)11-9-16)25-20-6-4-3-5-18(19)20/h3-14H,1-2H3,(H,24,26,27). The first-order valence-corrected chi connectivity index (χ1v) is 8.92. The van der Waals surface area contributed by atoms with Crippen molar-refractivity contribution in [1.29, 1.82) is 0 Å². The lowest BCUT2D eigenvalue weighted by Crippen LogP contribution is -2.14. The number of rotatable bonds is 4. The number of methoxy groups -OCH3 is 1. The molecule has 0 saturated heterocycles. The average Bonchev–Trinajstić information content (AvgIpc) is 2.74. The van der Waals surface area contributed by atoms with Gasteiger partial charge in [0.2, 0.25) is 0 Å². The Kier molecular flexibility index (Phi) is 4.72. The largest absolute Gasteiger partial charge is 0.497 e. The molecule has 0 aliphatic rings. The summed E-state index contributed by atoms with van der Waals surface area (Å²) in [5.74, 6) is 1.07. The SMILES string of the molecule is COc1ccc(-c2cc(C(=O)Nc3ccc(C)cn3)c3ccccc3n2)cc1. The molecule has 0 fully saturated rings. The van der Waals surface area contributed by atoms with Crippen LogP contribution in [0.2, 0.25) is 0 Å². The fraction of sp³-hybridized carbons (Fsp3) is 0.0870. The summed E-state index contributed by atoms with van der Waals surface area (Å²) < 4.78 is 5.22. The number of pyridine rings is 2. The van der Waals surface area contributed by atoms with Crippen LogP contribution >= 0.6 is 0 Å². The molecule has 1 amide bonds. The zero-order chi connectivity index (χ0) is 19.5. The maximum Gasteiger partial charge on any atom is 0.257 e. The highest BCUT2D eigenvalue weighted by Crippen LogP contribution is 2.26. The predicted molar refractivity (Wildman–Crippen MR) is 111 cm³/mol. The lowest BCUT2D eigenvalue weighted by atomic mass is 10.0. The van der Waals surface area contributed by atoms with Crippen LogP contribution in [0.3, 0.4) is 0 Å². The van der Waals surface area contributed by atoms with Crippen LogP contribution in [0.15, 0.2) is 72.9 Å². The zero-order valence-corrected chi connectivity index (χ0v) is 15.6. The molecule has 2 aromatic heterocycles. The van der Waals surface area contributed by atoms with Gasteiger partial charge in [0.1, 0.15) is 11.6 Å². The minimum Gasteiger partial charge on any atom is -0.497 e. The molecule has 0 saturated carbocycles. The molecular formula is C23H19N3O2. The van der Waals surface area contributed by atoms with E-state index in [1.54, 1.807) is 19.4 Å². The van der Waals surface area contributed by atoms with Crippen molar-refractivity contribution in [1.82, 2.24) is 9.97 Å². The van der Waals surface area contributed by atoms with E-state index in [0.717, 1.165) is 33.5 Å². The van der Waals surface area contributed by atoms with Gasteiger partial charge in [-0.2, -0.15) is 0 Å². The Morgan fingerprint density at radius 1 is 1.00 bits per heavy atom. The van der Waals surface area contributed by atoms with Gasteiger partial charge in [0.25, 0.3) is 5.91 Å². The van der Waals surface area contributed by atoms with Gasteiger partial charge in [-0.15, -0.1) is 0 Å². The molecule has 2 aromatic carbocycles. The van der Waals surface area contributed by atoms with Crippen LogP contribution in [0.25, 0.3) is 22.2 Å². The molecule has 28 heavy (non-hydrogen) atoms. The van der Waals surface area contributed by atoms with Crippen molar-refractivity contribution >= 4 is 22.6 Å². The molecule has 5 nitrogen and oxygen atoms in total. The third-order valence-electron chi connectivity index (χ3n) is 4.50. The number of carbonyl (C=O) groups excluding carboxylic acids is 1. The molecular weight excluding hydrogens is 350 g/mol. The molecule has 5 heteroatoms. The third kappa shape index (κ3) is 3.55. The summed E-state index contributed by atoms with van der Waals surface area (Å²) >= 11 is 0. The number of hydrogen-bond acceptors (Lipinski definition) is 4. The van der Waals surface area contributed by atoms with Gasteiger partial charge in [-0.3, -0.25) is 4.79 Å². The van der Waals surface area contributed by atoms with Crippen molar-refractivity contribution in [3.8, 4) is 17.0 Å². The first-order chi connectivity index (χ1) is 13.6. The van der Waals surface area contributed by atoms with Crippen LogP contribution in [0, 0.1) is 6.92 Å². The van der Waals surface area contributed by atoms with Crippen LogP contribution in [0.1, 0.15) is 15.9 Å². The minimum absolute atomic E-state index is 0.218. The second-order valence-electron chi connectivity index (χ2n) is 6.48. The van der Waals surface area contributed by atoms with Gasteiger partial charge in [0, 0.05) is 17.1 Å². The van der Waals surface area contributed by atoms with E-state index in [9.17, 15) is 4.79 Å². The second kappa shape index (κ2) is 7.48. The molecule has 0 unspecified atom stereocenters. The van der Waals surface area contributed by atoms with Gasteiger partial charge in [0.05, 0.1) is 23.9 Å². The van der Waals surface area contributed by atoms with E-state index in [1.807, 2.05) is 67.6 Å². The number of amides is 1. The molecule has 138 valence electrons. The summed E-state index contributed by atoms with van der Waals surface area (Å²) in [6, 6.07) is 20.8. The molecule has 2 heterocycles. The molecule has 1 N–H and O–H groups in total. The van der Waals surface area contributed by atoms with E-state index in [2.05, 4.69) is 10.3 Å². The van der Waals surface area contributed by atoms with Gasteiger partial charge in [-0.25, -0.2) is 9.97 Å².